The first kappa shape index (κ1) is 14.9. The summed E-state index contributed by atoms with van der Waals surface area (Å²) in [5.74, 6) is 1.53. The molecule has 0 heterocycles. The third-order valence-electron chi connectivity index (χ3n) is 2.97. The zero-order valence-electron chi connectivity index (χ0n) is 12.3. The Morgan fingerprint density at radius 2 is 1.62 bits per heavy atom. The second-order valence-corrected chi connectivity index (χ2v) is 4.53. The van der Waals surface area contributed by atoms with Gasteiger partial charge in [-0.15, -0.1) is 0 Å². The molecule has 0 saturated heterocycles. The van der Waals surface area contributed by atoms with E-state index < -0.39 is 0 Å². The van der Waals surface area contributed by atoms with Crippen LogP contribution in [-0.2, 0) is 11.2 Å². The molecule has 0 aliphatic carbocycles. The predicted octanol–water partition coefficient (Wildman–Crippen LogP) is 3.28. The van der Waals surface area contributed by atoms with E-state index in [1.54, 1.807) is 7.11 Å². The van der Waals surface area contributed by atoms with E-state index in [9.17, 15) is 4.79 Å². The van der Waals surface area contributed by atoms with Crippen LogP contribution in [0.5, 0.6) is 11.5 Å². The second-order valence-electron chi connectivity index (χ2n) is 4.53. The maximum Gasteiger partial charge on any atom is 0.228 e. The second kappa shape index (κ2) is 7.33. The minimum atomic E-state index is -0.0515. The molecule has 0 atom stereocenters. The molecule has 0 unspecified atom stereocenters. The van der Waals surface area contributed by atoms with Crippen LogP contribution in [0.1, 0.15) is 12.5 Å². The summed E-state index contributed by atoms with van der Waals surface area (Å²) in [5, 5.41) is 2.86. The van der Waals surface area contributed by atoms with Gasteiger partial charge in [-0.25, -0.2) is 0 Å². The van der Waals surface area contributed by atoms with Gasteiger partial charge in [-0.2, -0.15) is 0 Å². The third-order valence-corrected chi connectivity index (χ3v) is 2.97. The van der Waals surface area contributed by atoms with E-state index in [0.29, 0.717) is 13.0 Å². The van der Waals surface area contributed by atoms with E-state index in [0.717, 1.165) is 22.7 Å². The molecule has 0 saturated carbocycles. The highest BCUT2D eigenvalue weighted by atomic mass is 16.5. The first-order valence-electron chi connectivity index (χ1n) is 6.87. The smallest absolute Gasteiger partial charge is 0.228 e. The topological polar surface area (TPSA) is 47.6 Å². The standard InChI is InChI=1S/C17H19NO3/c1-3-21-16-10-6-14(7-11-16)18-17(19)12-13-4-8-15(20-2)9-5-13/h4-11H,3,12H2,1-2H3,(H,18,19). The summed E-state index contributed by atoms with van der Waals surface area (Å²) in [6.45, 7) is 2.56. The third kappa shape index (κ3) is 4.53. The number of carbonyl (C=O) groups excluding carboxylic acids is 1. The van der Waals surface area contributed by atoms with Crippen molar-refractivity contribution in [2.45, 2.75) is 13.3 Å². The highest BCUT2D eigenvalue weighted by molar-refractivity contribution is 5.92. The number of benzene rings is 2. The zero-order valence-corrected chi connectivity index (χ0v) is 12.3. The van der Waals surface area contributed by atoms with E-state index in [1.807, 2.05) is 55.5 Å². The first-order chi connectivity index (χ1) is 10.2. The van der Waals surface area contributed by atoms with Crippen molar-refractivity contribution in [1.29, 1.82) is 0 Å². The number of methoxy groups -OCH3 is 1. The Hall–Kier alpha value is -2.49. The van der Waals surface area contributed by atoms with Crippen molar-refractivity contribution in [3.8, 4) is 11.5 Å². The fourth-order valence-corrected chi connectivity index (χ4v) is 1.94. The fraction of sp³-hybridized carbons (Fsp3) is 0.235. The van der Waals surface area contributed by atoms with Crippen molar-refractivity contribution in [3.05, 3.63) is 54.1 Å². The summed E-state index contributed by atoms with van der Waals surface area (Å²) in [7, 11) is 1.62. The number of ether oxygens (including phenoxy) is 2. The number of hydrogen-bond donors (Lipinski definition) is 1. The van der Waals surface area contributed by atoms with Crippen LogP contribution in [0.3, 0.4) is 0 Å². The van der Waals surface area contributed by atoms with Gasteiger partial charge < -0.3 is 14.8 Å². The molecule has 0 bridgehead atoms. The minimum absolute atomic E-state index is 0.0515. The fourth-order valence-electron chi connectivity index (χ4n) is 1.94. The van der Waals surface area contributed by atoms with Crippen LogP contribution in [0.2, 0.25) is 0 Å². The van der Waals surface area contributed by atoms with Crippen molar-refractivity contribution >= 4 is 11.6 Å². The number of rotatable bonds is 6. The van der Waals surface area contributed by atoms with Gasteiger partial charge in [0.05, 0.1) is 20.1 Å². The molecule has 1 amide bonds. The lowest BCUT2D eigenvalue weighted by atomic mass is 10.1. The van der Waals surface area contributed by atoms with Crippen LogP contribution in [0.4, 0.5) is 5.69 Å². The SMILES string of the molecule is CCOc1ccc(NC(=O)Cc2ccc(OC)cc2)cc1. The van der Waals surface area contributed by atoms with Gasteiger partial charge in [0.2, 0.25) is 5.91 Å². The largest absolute Gasteiger partial charge is 0.497 e. The Balaban J connectivity index is 1.91. The van der Waals surface area contributed by atoms with E-state index in [1.165, 1.54) is 0 Å². The summed E-state index contributed by atoms with van der Waals surface area (Å²) >= 11 is 0. The molecular weight excluding hydrogens is 266 g/mol. The van der Waals surface area contributed by atoms with Crippen molar-refractivity contribution in [1.82, 2.24) is 0 Å². The van der Waals surface area contributed by atoms with E-state index in [2.05, 4.69) is 5.32 Å². The van der Waals surface area contributed by atoms with Gasteiger partial charge in [0.1, 0.15) is 11.5 Å². The molecule has 4 heteroatoms. The van der Waals surface area contributed by atoms with Gasteiger partial charge in [-0.1, -0.05) is 12.1 Å². The van der Waals surface area contributed by atoms with Gasteiger partial charge >= 0.3 is 0 Å². The number of hydrogen-bond acceptors (Lipinski definition) is 3. The molecule has 0 spiro atoms. The number of carbonyl (C=O) groups is 1. The molecule has 21 heavy (non-hydrogen) atoms. The Kier molecular flexibility index (Phi) is 5.21. The summed E-state index contributed by atoms with van der Waals surface area (Å²) in [6.07, 6.45) is 0.331. The quantitative estimate of drug-likeness (QED) is 0.886. The van der Waals surface area contributed by atoms with E-state index in [4.69, 9.17) is 9.47 Å². The van der Waals surface area contributed by atoms with Gasteiger partial charge in [0, 0.05) is 5.69 Å². The first-order valence-corrected chi connectivity index (χ1v) is 6.87. The van der Waals surface area contributed by atoms with Crippen LogP contribution in [0, 0.1) is 0 Å². The highest BCUT2D eigenvalue weighted by Gasteiger charge is 2.04. The molecule has 0 fully saturated rings. The Morgan fingerprint density at radius 1 is 1.00 bits per heavy atom. The molecule has 4 nitrogen and oxygen atoms in total. The Labute approximate surface area is 124 Å². The normalized spacial score (nSPS) is 10.0. The summed E-state index contributed by atoms with van der Waals surface area (Å²) in [6, 6.07) is 14.8. The van der Waals surface area contributed by atoms with Crippen molar-refractivity contribution in [2.75, 3.05) is 19.0 Å². The monoisotopic (exact) mass is 285 g/mol. The maximum absolute atomic E-state index is 12.0. The van der Waals surface area contributed by atoms with Gasteiger partial charge in [0.25, 0.3) is 0 Å². The molecule has 0 aliphatic heterocycles. The lowest BCUT2D eigenvalue weighted by molar-refractivity contribution is -0.115. The molecule has 110 valence electrons. The van der Waals surface area contributed by atoms with E-state index >= 15 is 0 Å². The predicted molar refractivity (Wildman–Crippen MR) is 82.9 cm³/mol. The lowest BCUT2D eigenvalue weighted by Gasteiger charge is -2.07. The molecule has 2 rings (SSSR count). The van der Waals surface area contributed by atoms with Crippen molar-refractivity contribution in [3.63, 3.8) is 0 Å². The van der Waals surface area contributed by atoms with Crippen LogP contribution in [-0.4, -0.2) is 19.6 Å². The van der Waals surface area contributed by atoms with Crippen molar-refractivity contribution in [2.24, 2.45) is 0 Å². The van der Waals surface area contributed by atoms with Crippen LogP contribution < -0.4 is 14.8 Å². The van der Waals surface area contributed by atoms with Gasteiger partial charge in [0.15, 0.2) is 0 Å². The van der Waals surface area contributed by atoms with Crippen LogP contribution >= 0.6 is 0 Å². The van der Waals surface area contributed by atoms with Gasteiger partial charge in [-0.3, -0.25) is 4.79 Å². The summed E-state index contributed by atoms with van der Waals surface area (Å²) in [4.78, 5) is 12.0. The highest BCUT2D eigenvalue weighted by Crippen LogP contribution is 2.16. The van der Waals surface area contributed by atoms with Crippen molar-refractivity contribution < 1.29 is 14.3 Å². The molecule has 0 radical (unpaired) electrons. The number of amides is 1. The van der Waals surface area contributed by atoms with Crippen LogP contribution in [0.15, 0.2) is 48.5 Å². The summed E-state index contributed by atoms with van der Waals surface area (Å²) in [5.41, 5.74) is 1.70. The molecule has 1 N–H and O–H groups in total. The molecule has 0 aliphatic rings. The molecule has 2 aromatic rings. The summed E-state index contributed by atoms with van der Waals surface area (Å²) < 4.78 is 10.4. The Morgan fingerprint density at radius 3 is 2.19 bits per heavy atom. The van der Waals surface area contributed by atoms with E-state index in [-0.39, 0.29) is 5.91 Å². The van der Waals surface area contributed by atoms with Gasteiger partial charge in [-0.05, 0) is 48.9 Å². The lowest BCUT2D eigenvalue weighted by Crippen LogP contribution is -2.14. The zero-order chi connectivity index (χ0) is 15.1. The molecule has 2 aromatic carbocycles. The van der Waals surface area contributed by atoms with Crippen LogP contribution in [0.25, 0.3) is 0 Å². The average molecular weight is 285 g/mol. The molecule has 0 aromatic heterocycles. The average Bonchev–Trinajstić information content (AvgIpc) is 2.50. The number of nitrogens with one attached hydrogen (secondary N) is 1. The maximum atomic E-state index is 12.0. The minimum Gasteiger partial charge on any atom is -0.497 e. The Bertz CT molecular complexity index is 576. The molecular formula is C17H19NO3. The number of anilines is 1.